The Hall–Kier alpha value is -2.38. The van der Waals surface area contributed by atoms with Gasteiger partial charge in [-0.15, -0.1) is 0 Å². The summed E-state index contributed by atoms with van der Waals surface area (Å²) in [5.41, 5.74) is -0.196. The van der Waals surface area contributed by atoms with E-state index in [2.05, 4.69) is 29.2 Å². The van der Waals surface area contributed by atoms with Crippen LogP contribution in [0, 0.1) is 0 Å². The van der Waals surface area contributed by atoms with Gasteiger partial charge in [0.2, 0.25) is 0 Å². The zero-order valence-electron chi connectivity index (χ0n) is 14.3. The number of nitrogens with one attached hydrogen (secondary N) is 1. The summed E-state index contributed by atoms with van der Waals surface area (Å²) >= 11 is 0. The number of halogens is 3. The SMILES string of the molecule is CCC(CC)n1ccc(C(=O)N[C@H](C)c2ccc(C(F)(F)F)nc2)n1. The second kappa shape index (κ2) is 7.67. The third kappa shape index (κ3) is 4.58. The third-order valence-corrected chi connectivity index (χ3v) is 4.08. The summed E-state index contributed by atoms with van der Waals surface area (Å²) in [6.07, 6.45) is 0.222. The molecule has 0 radical (unpaired) electrons. The predicted octanol–water partition coefficient (Wildman–Crippen LogP) is 4.15. The molecule has 0 saturated heterocycles. The molecule has 0 unspecified atom stereocenters. The number of alkyl halides is 3. The minimum absolute atomic E-state index is 0.234. The first-order valence-corrected chi connectivity index (χ1v) is 8.15. The van der Waals surface area contributed by atoms with Crippen molar-refractivity contribution in [2.75, 3.05) is 0 Å². The molecule has 5 nitrogen and oxygen atoms in total. The quantitative estimate of drug-likeness (QED) is 0.848. The fraction of sp³-hybridized carbons (Fsp3) is 0.471. The van der Waals surface area contributed by atoms with Gasteiger partial charge < -0.3 is 5.32 Å². The molecule has 1 amide bonds. The summed E-state index contributed by atoms with van der Waals surface area (Å²) in [7, 11) is 0. The third-order valence-electron chi connectivity index (χ3n) is 4.08. The second-order valence-corrected chi connectivity index (χ2v) is 5.82. The Labute approximate surface area is 144 Å². The highest BCUT2D eigenvalue weighted by atomic mass is 19.4. The van der Waals surface area contributed by atoms with Gasteiger partial charge in [-0.1, -0.05) is 19.9 Å². The first-order valence-electron chi connectivity index (χ1n) is 8.15. The number of carbonyl (C=O) groups excluding carboxylic acids is 1. The Bertz CT molecular complexity index is 705. The minimum atomic E-state index is -4.48. The van der Waals surface area contributed by atoms with Crippen LogP contribution in [0.5, 0.6) is 0 Å². The van der Waals surface area contributed by atoms with Gasteiger partial charge in [0.1, 0.15) is 11.4 Å². The van der Waals surface area contributed by atoms with Crippen molar-refractivity contribution >= 4 is 5.91 Å². The van der Waals surface area contributed by atoms with Crippen LogP contribution in [0.15, 0.2) is 30.6 Å². The monoisotopic (exact) mass is 354 g/mol. The van der Waals surface area contributed by atoms with Crippen LogP contribution in [0.1, 0.15) is 67.4 Å². The number of hydrogen-bond acceptors (Lipinski definition) is 3. The number of carbonyl (C=O) groups is 1. The molecule has 8 heteroatoms. The number of amides is 1. The number of rotatable bonds is 6. The summed E-state index contributed by atoms with van der Waals surface area (Å²) in [5.74, 6) is -0.378. The summed E-state index contributed by atoms with van der Waals surface area (Å²) < 4.78 is 39.4. The maximum atomic E-state index is 12.5. The molecule has 0 aromatic carbocycles. The van der Waals surface area contributed by atoms with Crippen LogP contribution in [0.4, 0.5) is 13.2 Å². The van der Waals surface area contributed by atoms with Crippen molar-refractivity contribution in [2.24, 2.45) is 0 Å². The molecule has 2 heterocycles. The maximum absolute atomic E-state index is 12.5. The lowest BCUT2D eigenvalue weighted by molar-refractivity contribution is -0.141. The molecule has 0 aliphatic heterocycles. The molecule has 2 rings (SSSR count). The molecule has 0 fully saturated rings. The second-order valence-electron chi connectivity index (χ2n) is 5.82. The highest BCUT2D eigenvalue weighted by molar-refractivity contribution is 5.92. The van der Waals surface area contributed by atoms with Crippen molar-refractivity contribution in [3.8, 4) is 0 Å². The molecule has 2 aromatic heterocycles. The van der Waals surface area contributed by atoms with E-state index in [0.717, 1.165) is 25.1 Å². The molecule has 0 aliphatic carbocycles. The van der Waals surface area contributed by atoms with E-state index in [-0.39, 0.29) is 17.6 Å². The van der Waals surface area contributed by atoms with Gasteiger partial charge in [-0.25, -0.2) is 0 Å². The smallest absolute Gasteiger partial charge is 0.344 e. The average Bonchev–Trinajstić information content (AvgIpc) is 3.05. The predicted molar refractivity (Wildman–Crippen MR) is 87.0 cm³/mol. The van der Waals surface area contributed by atoms with Gasteiger partial charge in [-0.3, -0.25) is 14.5 Å². The lowest BCUT2D eigenvalue weighted by Gasteiger charge is -2.15. The lowest BCUT2D eigenvalue weighted by atomic mass is 10.1. The van der Waals surface area contributed by atoms with Gasteiger partial charge in [-0.2, -0.15) is 18.3 Å². The van der Waals surface area contributed by atoms with E-state index < -0.39 is 17.9 Å². The normalized spacial score (nSPS) is 13.1. The van der Waals surface area contributed by atoms with Gasteiger partial charge in [0.15, 0.2) is 0 Å². The first-order chi connectivity index (χ1) is 11.8. The van der Waals surface area contributed by atoms with Gasteiger partial charge in [0.25, 0.3) is 5.91 Å². The summed E-state index contributed by atoms with van der Waals surface area (Å²) in [6.45, 7) is 5.78. The van der Waals surface area contributed by atoms with Crippen LogP contribution in [-0.2, 0) is 6.18 Å². The maximum Gasteiger partial charge on any atom is 0.433 e. The van der Waals surface area contributed by atoms with E-state index in [0.29, 0.717) is 5.56 Å². The van der Waals surface area contributed by atoms with E-state index in [4.69, 9.17) is 0 Å². The molecule has 0 bridgehead atoms. The Kier molecular flexibility index (Phi) is 5.81. The molecular formula is C17H21F3N4O. The lowest BCUT2D eigenvalue weighted by Crippen LogP contribution is -2.27. The Morgan fingerprint density at radius 1 is 1.24 bits per heavy atom. The molecule has 136 valence electrons. The van der Waals surface area contributed by atoms with Crippen molar-refractivity contribution in [3.05, 3.63) is 47.5 Å². The van der Waals surface area contributed by atoms with Gasteiger partial charge >= 0.3 is 6.18 Å². The van der Waals surface area contributed by atoms with Crippen LogP contribution in [0.25, 0.3) is 0 Å². The van der Waals surface area contributed by atoms with Crippen molar-refractivity contribution in [1.82, 2.24) is 20.1 Å². The van der Waals surface area contributed by atoms with Crippen molar-refractivity contribution in [1.29, 1.82) is 0 Å². The summed E-state index contributed by atoms with van der Waals surface area (Å²) in [4.78, 5) is 15.7. The Morgan fingerprint density at radius 3 is 2.44 bits per heavy atom. The van der Waals surface area contributed by atoms with Crippen molar-refractivity contribution in [2.45, 2.75) is 51.9 Å². The average molecular weight is 354 g/mol. The fourth-order valence-corrected chi connectivity index (χ4v) is 2.51. The van der Waals surface area contributed by atoms with Crippen molar-refractivity contribution in [3.63, 3.8) is 0 Å². The van der Waals surface area contributed by atoms with Crippen molar-refractivity contribution < 1.29 is 18.0 Å². The highest BCUT2D eigenvalue weighted by Crippen LogP contribution is 2.28. The zero-order valence-corrected chi connectivity index (χ0v) is 14.3. The highest BCUT2D eigenvalue weighted by Gasteiger charge is 2.32. The van der Waals surface area contributed by atoms with Crippen LogP contribution in [0.3, 0.4) is 0 Å². The largest absolute Gasteiger partial charge is 0.433 e. The van der Waals surface area contributed by atoms with Crippen LogP contribution in [0.2, 0.25) is 0 Å². The summed E-state index contributed by atoms with van der Waals surface area (Å²) in [5, 5.41) is 7.01. The summed E-state index contributed by atoms with van der Waals surface area (Å²) in [6, 6.07) is 3.59. The van der Waals surface area contributed by atoms with Crippen LogP contribution in [-0.4, -0.2) is 20.7 Å². The molecule has 2 aromatic rings. The molecule has 0 spiro atoms. The van der Waals surface area contributed by atoms with Crippen LogP contribution >= 0.6 is 0 Å². The fourth-order valence-electron chi connectivity index (χ4n) is 2.51. The number of hydrogen-bond donors (Lipinski definition) is 1. The molecule has 1 N–H and O–H groups in total. The molecule has 0 aliphatic rings. The molecular weight excluding hydrogens is 333 g/mol. The van der Waals surface area contributed by atoms with Crippen LogP contribution < -0.4 is 5.32 Å². The minimum Gasteiger partial charge on any atom is -0.344 e. The molecule has 25 heavy (non-hydrogen) atoms. The standard InChI is InChI=1S/C17H21F3N4O/c1-4-13(5-2)24-9-8-14(23-24)16(25)22-11(3)12-6-7-15(21-10-12)17(18,19)20/h6-11,13H,4-5H2,1-3H3,(H,22,25)/t11-/m1/s1. The van der Waals surface area contributed by atoms with E-state index in [1.54, 1.807) is 23.9 Å². The van der Waals surface area contributed by atoms with E-state index in [1.165, 1.54) is 6.07 Å². The van der Waals surface area contributed by atoms with E-state index in [1.807, 2.05) is 0 Å². The number of pyridine rings is 1. The molecule has 0 saturated carbocycles. The van der Waals surface area contributed by atoms with E-state index >= 15 is 0 Å². The number of aromatic nitrogens is 3. The number of nitrogens with zero attached hydrogens (tertiary/aromatic N) is 3. The Balaban J connectivity index is 2.05. The Morgan fingerprint density at radius 2 is 1.92 bits per heavy atom. The topological polar surface area (TPSA) is 59.8 Å². The van der Waals surface area contributed by atoms with E-state index in [9.17, 15) is 18.0 Å². The molecule has 1 atom stereocenters. The zero-order chi connectivity index (χ0) is 18.6. The first kappa shape index (κ1) is 19.0. The van der Waals surface area contributed by atoms with Gasteiger partial charge in [0, 0.05) is 12.4 Å². The van der Waals surface area contributed by atoms with Gasteiger partial charge in [0.05, 0.1) is 12.1 Å². The van der Waals surface area contributed by atoms with Gasteiger partial charge in [-0.05, 0) is 37.5 Å².